The molecule has 2 heterocycles. The Morgan fingerprint density at radius 2 is 2.37 bits per heavy atom. The molecule has 0 fully saturated rings. The number of ether oxygens (including phenoxy) is 1. The normalized spacial score (nSPS) is 14.0. The third-order valence-corrected chi connectivity index (χ3v) is 3.42. The van der Waals surface area contributed by atoms with Gasteiger partial charge in [-0.15, -0.1) is 0 Å². The Morgan fingerprint density at radius 1 is 1.47 bits per heavy atom. The first-order valence-electron chi connectivity index (χ1n) is 6.22. The molecule has 0 aliphatic rings. The van der Waals surface area contributed by atoms with Crippen LogP contribution in [-0.2, 0) is 0 Å². The molecular formula is C14H18N2O2S. The van der Waals surface area contributed by atoms with E-state index in [0.717, 1.165) is 11.3 Å². The van der Waals surface area contributed by atoms with Crippen LogP contribution in [0.1, 0.15) is 18.6 Å². The van der Waals surface area contributed by atoms with Gasteiger partial charge < -0.3 is 15.2 Å². The Bertz CT molecular complexity index is 462. The number of hydrogen-bond donors (Lipinski definition) is 2. The Labute approximate surface area is 117 Å². The minimum Gasteiger partial charge on any atom is -0.490 e. The van der Waals surface area contributed by atoms with Crippen LogP contribution in [0.2, 0.25) is 0 Å². The van der Waals surface area contributed by atoms with Gasteiger partial charge in [0, 0.05) is 18.8 Å². The zero-order chi connectivity index (χ0) is 13.5. The molecule has 2 aromatic heterocycles. The first-order valence-corrected chi connectivity index (χ1v) is 7.16. The Morgan fingerprint density at radius 3 is 3.05 bits per heavy atom. The number of aliphatic hydroxyl groups is 1. The van der Waals surface area contributed by atoms with Gasteiger partial charge in [0.25, 0.3) is 0 Å². The summed E-state index contributed by atoms with van der Waals surface area (Å²) in [6.07, 6.45) is 2.94. The van der Waals surface area contributed by atoms with E-state index in [1.165, 1.54) is 0 Å². The van der Waals surface area contributed by atoms with E-state index in [2.05, 4.69) is 10.3 Å². The Balaban J connectivity index is 1.69. The molecule has 0 aromatic carbocycles. The highest BCUT2D eigenvalue weighted by atomic mass is 32.1. The predicted molar refractivity (Wildman–Crippen MR) is 76.5 cm³/mol. The molecule has 2 aromatic rings. The third kappa shape index (κ3) is 4.63. The average molecular weight is 278 g/mol. The number of aliphatic hydroxyl groups excluding tert-OH is 1. The van der Waals surface area contributed by atoms with Crippen molar-refractivity contribution in [2.75, 3.05) is 13.2 Å². The van der Waals surface area contributed by atoms with E-state index >= 15 is 0 Å². The molecule has 2 atom stereocenters. The van der Waals surface area contributed by atoms with Crippen LogP contribution < -0.4 is 10.1 Å². The van der Waals surface area contributed by atoms with Crippen molar-refractivity contribution in [3.8, 4) is 5.75 Å². The van der Waals surface area contributed by atoms with E-state index in [0.29, 0.717) is 13.2 Å². The Kier molecular flexibility index (Phi) is 5.32. The van der Waals surface area contributed by atoms with E-state index in [4.69, 9.17) is 4.74 Å². The quantitative estimate of drug-likeness (QED) is 0.815. The van der Waals surface area contributed by atoms with Crippen LogP contribution in [0.15, 0.2) is 41.4 Å². The standard InChI is InChI=1S/C14H18N2O2S/c1-11(9-18-13-3-2-5-15-7-13)16-8-14(17)12-4-6-19-10-12/h2-7,10-11,14,16-17H,8-9H2,1H3. The highest BCUT2D eigenvalue weighted by Gasteiger charge is 2.10. The lowest BCUT2D eigenvalue weighted by atomic mass is 10.2. The second-order valence-corrected chi connectivity index (χ2v) is 5.16. The third-order valence-electron chi connectivity index (χ3n) is 2.72. The zero-order valence-electron chi connectivity index (χ0n) is 10.8. The van der Waals surface area contributed by atoms with Crippen molar-refractivity contribution in [2.45, 2.75) is 19.1 Å². The summed E-state index contributed by atoms with van der Waals surface area (Å²) in [6.45, 7) is 3.09. The molecule has 0 bridgehead atoms. The number of thiophene rings is 1. The summed E-state index contributed by atoms with van der Waals surface area (Å²) >= 11 is 1.59. The summed E-state index contributed by atoms with van der Waals surface area (Å²) in [5, 5.41) is 17.1. The van der Waals surface area contributed by atoms with Crippen molar-refractivity contribution >= 4 is 11.3 Å². The first kappa shape index (κ1) is 14.0. The summed E-state index contributed by atoms with van der Waals surface area (Å²) in [5.74, 6) is 0.759. The topological polar surface area (TPSA) is 54.4 Å². The maximum atomic E-state index is 9.94. The molecule has 4 nitrogen and oxygen atoms in total. The number of nitrogens with zero attached hydrogens (tertiary/aromatic N) is 1. The van der Waals surface area contributed by atoms with Crippen LogP contribution in [0.5, 0.6) is 5.75 Å². The van der Waals surface area contributed by atoms with Gasteiger partial charge in [-0.1, -0.05) is 0 Å². The fourth-order valence-electron chi connectivity index (χ4n) is 1.61. The number of pyridine rings is 1. The van der Waals surface area contributed by atoms with Gasteiger partial charge in [0.2, 0.25) is 0 Å². The molecule has 2 rings (SSSR count). The van der Waals surface area contributed by atoms with Crippen molar-refractivity contribution in [1.82, 2.24) is 10.3 Å². The van der Waals surface area contributed by atoms with Crippen molar-refractivity contribution in [2.24, 2.45) is 0 Å². The average Bonchev–Trinajstić information content (AvgIpc) is 2.98. The molecule has 0 amide bonds. The van der Waals surface area contributed by atoms with Crippen molar-refractivity contribution < 1.29 is 9.84 Å². The van der Waals surface area contributed by atoms with Crippen LogP contribution in [0.3, 0.4) is 0 Å². The van der Waals surface area contributed by atoms with Gasteiger partial charge in [-0.3, -0.25) is 4.98 Å². The van der Waals surface area contributed by atoms with E-state index < -0.39 is 6.10 Å². The van der Waals surface area contributed by atoms with Gasteiger partial charge in [0.15, 0.2) is 0 Å². The zero-order valence-corrected chi connectivity index (χ0v) is 11.6. The highest BCUT2D eigenvalue weighted by molar-refractivity contribution is 7.07. The van der Waals surface area contributed by atoms with Crippen LogP contribution >= 0.6 is 11.3 Å². The molecule has 2 unspecified atom stereocenters. The Hall–Kier alpha value is -1.43. The highest BCUT2D eigenvalue weighted by Crippen LogP contribution is 2.15. The second-order valence-electron chi connectivity index (χ2n) is 4.38. The summed E-state index contributed by atoms with van der Waals surface area (Å²) in [6, 6.07) is 5.81. The van der Waals surface area contributed by atoms with Crippen molar-refractivity contribution in [3.63, 3.8) is 0 Å². The molecule has 0 aliphatic carbocycles. The number of nitrogens with one attached hydrogen (secondary N) is 1. The minimum atomic E-state index is -0.466. The molecule has 0 radical (unpaired) electrons. The summed E-state index contributed by atoms with van der Waals surface area (Å²) < 4.78 is 5.59. The smallest absolute Gasteiger partial charge is 0.137 e. The molecule has 5 heteroatoms. The summed E-state index contributed by atoms with van der Waals surface area (Å²) in [5.41, 5.74) is 0.956. The molecule has 0 saturated carbocycles. The van der Waals surface area contributed by atoms with Gasteiger partial charge in [-0.05, 0) is 41.4 Å². The van der Waals surface area contributed by atoms with Gasteiger partial charge in [-0.25, -0.2) is 0 Å². The molecule has 0 spiro atoms. The molecule has 102 valence electrons. The fraction of sp³-hybridized carbons (Fsp3) is 0.357. The summed E-state index contributed by atoms with van der Waals surface area (Å²) in [4.78, 5) is 3.99. The largest absolute Gasteiger partial charge is 0.490 e. The first-order chi connectivity index (χ1) is 9.25. The molecule has 2 N–H and O–H groups in total. The van der Waals surface area contributed by atoms with Gasteiger partial charge in [0.05, 0.1) is 12.3 Å². The lowest BCUT2D eigenvalue weighted by molar-refractivity contribution is 0.164. The lowest BCUT2D eigenvalue weighted by Gasteiger charge is -2.17. The van der Waals surface area contributed by atoms with E-state index in [1.54, 1.807) is 23.7 Å². The maximum absolute atomic E-state index is 9.94. The number of aromatic nitrogens is 1. The van der Waals surface area contributed by atoms with E-state index in [9.17, 15) is 5.11 Å². The molecule has 0 aliphatic heterocycles. The van der Waals surface area contributed by atoms with Crippen LogP contribution in [-0.4, -0.2) is 29.3 Å². The monoisotopic (exact) mass is 278 g/mol. The minimum absolute atomic E-state index is 0.161. The van der Waals surface area contributed by atoms with E-state index in [1.807, 2.05) is 35.9 Å². The van der Waals surface area contributed by atoms with Gasteiger partial charge in [0.1, 0.15) is 12.4 Å². The van der Waals surface area contributed by atoms with Gasteiger partial charge in [-0.2, -0.15) is 11.3 Å². The van der Waals surface area contributed by atoms with Crippen LogP contribution in [0.25, 0.3) is 0 Å². The maximum Gasteiger partial charge on any atom is 0.137 e. The van der Waals surface area contributed by atoms with Crippen molar-refractivity contribution in [1.29, 1.82) is 0 Å². The molecule has 0 saturated heterocycles. The summed E-state index contributed by atoms with van der Waals surface area (Å²) in [7, 11) is 0. The van der Waals surface area contributed by atoms with E-state index in [-0.39, 0.29) is 6.04 Å². The van der Waals surface area contributed by atoms with Crippen molar-refractivity contribution in [3.05, 3.63) is 46.9 Å². The predicted octanol–water partition coefficient (Wildman–Crippen LogP) is 2.23. The number of hydrogen-bond acceptors (Lipinski definition) is 5. The second kappa shape index (κ2) is 7.23. The lowest BCUT2D eigenvalue weighted by Crippen LogP contribution is -2.34. The molecule has 19 heavy (non-hydrogen) atoms. The molecular weight excluding hydrogens is 260 g/mol. The van der Waals surface area contributed by atoms with Gasteiger partial charge >= 0.3 is 0 Å². The fourth-order valence-corrected chi connectivity index (χ4v) is 2.31. The van der Waals surface area contributed by atoms with Crippen LogP contribution in [0.4, 0.5) is 0 Å². The SMILES string of the molecule is CC(COc1cccnc1)NCC(O)c1ccsc1. The number of rotatable bonds is 7. The van der Waals surface area contributed by atoms with Crippen LogP contribution in [0, 0.1) is 0 Å².